The standard InChI is InChI=1S/C14H10N2O4/c1-16(11-4-2-9(7-15)3-5-11)13(17)12-6-10(8-20-12)14(18)19/h2-6,8H,1H3,(H,18,19). The molecule has 0 atom stereocenters. The Morgan fingerprint density at radius 3 is 2.45 bits per heavy atom. The summed E-state index contributed by atoms with van der Waals surface area (Å²) >= 11 is 0. The zero-order valence-corrected chi connectivity index (χ0v) is 10.5. The predicted octanol–water partition coefficient (Wildman–Crippen LogP) is 2.13. The van der Waals surface area contributed by atoms with E-state index < -0.39 is 11.9 Å². The Balaban J connectivity index is 2.22. The molecule has 0 spiro atoms. The zero-order chi connectivity index (χ0) is 14.7. The summed E-state index contributed by atoms with van der Waals surface area (Å²) in [5.41, 5.74) is 0.976. The molecular weight excluding hydrogens is 260 g/mol. The smallest absolute Gasteiger partial charge is 0.338 e. The summed E-state index contributed by atoms with van der Waals surface area (Å²) in [6.45, 7) is 0. The summed E-state index contributed by atoms with van der Waals surface area (Å²) in [5, 5.41) is 17.5. The number of carbonyl (C=O) groups is 2. The minimum Gasteiger partial charge on any atom is -0.478 e. The van der Waals surface area contributed by atoms with Crippen LogP contribution in [-0.2, 0) is 0 Å². The van der Waals surface area contributed by atoms with E-state index in [2.05, 4.69) is 0 Å². The molecule has 1 amide bonds. The number of hydrogen-bond acceptors (Lipinski definition) is 4. The van der Waals surface area contributed by atoms with Crippen LogP contribution in [0.5, 0.6) is 0 Å². The van der Waals surface area contributed by atoms with Gasteiger partial charge < -0.3 is 14.4 Å². The fraction of sp³-hybridized carbons (Fsp3) is 0.0714. The topological polar surface area (TPSA) is 94.5 Å². The molecule has 1 aromatic carbocycles. The molecule has 0 aliphatic carbocycles. The first-order chi connectivity index (χ1) is 9.52. The lowest BCUT2D eigenvalue weighted by atomic mass is 10.2. The van der Waals surface area contributed by atoms with Crippen LogP contribution in [-0.4, -0.2) is 24.0 Å². The Morgan fingerprint density at radius 1 is 1.30 bits per heavy atom. The van der Waals surface area contributed by atoms with E-state index in [-0.39, 0.29) is 11.3 Å². The van der Waals surface area contributed by atoms with Crippen molar-refractivity contribution < 1.29 is 19.1 Å². The quantitative estimate of drug-likeness (QED) is 0.921. The van der Waals surface area contributed by atoms with Crippen molar-refractivity contribution in [2.24, 2.45) is 0 Å². The number of carboxylic acids is 1. The SMILES string of the molecule is CN(C(=O)c1cc(C(=O)O)co1)c1ccc(C#N)cc1. The average molecular weight is 270 g/mol. The summed E-state index contributed by atoms with van der Waals surface area (Å²) < 4.78 is 4.95. The van der Waals surface area contributed by atoms with Crippen LogP contribution >= 0.6 is 0 Å². The van der Waals surface area contributed by atoms with Gasteiger partial charge in [0.1, 0.15) is 6.26 Å². The number of anilines is 1. The highest BCUT2D eigenvalue weighted by Gasteiger charge is 2.19. The van der Waals surface area contributed by atoms with Gasteiger partial charge in [0.2, 0.25) is 0 Å². The van der Waals surface area contributed by atoms with Gasteiger partial charge in [0.15, 0.2) is 5.76 Å². The fourth-order valence-electron chi connectivity index (χ4n) is 1.60. The van der Waals surface area contributed by atoms with Crippen molar-refractivity contribution in [3.8, 4) is 6.07 Å². The van der Waals surface area contributed by atoms with Gasteiger partial charge >= 0.3 is 5.97 Å². The second kappa shape index (κ2) is 5.28. The van der Waals surface area contributed by atoms with Crippen molar-refractivity contribution in [3.05, 3.63) is 53.5 Å². The Bertz CT molecular complexity index is 695. The summed E-state index contributed by atoms with van der Waals surface area (Å²) in [4.78, 5) is 24.2. The van der Waals surface area contributed by atoms with Crippen LogP contribution in [0.3, 0.4) is 0 Å². The molecule has 6 heteroatoms. The number of rotatable bonds is 3. The number of carbonyl (C=O) groups excluding carboxylic acids is 1. The number of nitrogens with zero attached hydrogens (tertiary/aromatic N) is 2. The Morgan fingerprint density at radius 2 is 1.95 bits per heavy atom. The van der Waals surface area contributed by atoms with E-state index in [0.717, 1.165) is 6.26 Å². The highest BCUT2D eigenvalue weighted by molar-refractivity contribution is 6.05. The predicted molar refractivity (Wildman–Crippen MR) is 69.6 cm³/mol. The van der Waals surface area contributed by atoms with Gasteiger partial charge in [-0.25, -0.2) is 4.79 Å². The lowest BCUT2D eigenvalue weighted by Crippen LogP contribution is -2.25. The minimum atomic E-state index is -1.16. The Labute approximate surface area is 114 Å². The minimum absolute atomic E-state index is 0.0609. The Kier molecular flexibility index (Phi) is 3.53. The molecule has 2 aromatic rings. The second-order valence-electron chi connectivity index (χ2n) is 4.03. The average Bonchev–Trinajstić information content (AvgIpc) is 2.96. The van der Waals surface area contributed by atoms with Crippen LogP contribution in [0.1, 0.15) is 26.5 Å². The number of aromatic carboxylic acids is 1. The number of carboxylic acid groups (broad SMARTS) is 1. The van der Waals surface area contributed by atoms with E-state index in [0.29, 0.717) is 11.3 Å². The van der Waals surface area contributed by atoms with Crippen molar-refractivity contribution in [2.75, 3.05) is 11.9 Å². The molecule has 0 aliphatic rings. The lowest BCUT2D eigenvalue weighted by molar-refractivity contribution is 0.0696. The van der Waals surface area contributed by atoms with E-state index in [1.807, 2.05) is 6.07 Å². The first kappa shape index (κ1) is 13.4. The molecule has 1 N–H and O–H groups in total. The molecule has 0 fully saturated rings. The molecule has 1 heterocycles. The third-order valence-electron chi connectivity index (χ3n) is 2.75. The molecule has 0 saturated heterocycles. The first-order valence-electron chi connectivity index (χ1n) is 5.63. The van der Waals surface area contributed by atoms with Gasteiger partial charge in [0.05, 0.1) is 17.2 Å². The second-order valence-corrected chi connectivity index (χ2v) is 4.03. The summed E-state index contributed by atoms with van der Waals surface area (Å²) in [6, 6.07) is 9.57. The van der Waals surface area contributed by atoms with Crippen LogP contribution in [0.4, 0.5) is 5.69 Å². The molecule has 0 bridgehead atoms. The maximum Gasteiger partial charge on any atom is 0.338 e. The highest BCUT2D eigenvalue weighted by Crippen LogP contribution is 2.17. The fourth-order valence-corrected chi connectivity index (χ4v) is 1.60. The van der Waals surface area contributed by atoms with Crippen molar-refractivity contribution in [3.63, 3.8) is 0 Å². The molecule has 2 rings (SSSR count). The van der Waals surface area contributed by atoms with Crippen molar-refractivity contribution in [1.82, 2.24) is 0 Å². The molecule has 6 nitrogen and oxygen atoms in total. The summed E-state index contributed by atoms with van der Waals surface area (Å²) in [7, 11) is 1.53. The van der Waals surface area contributed by atoms with Gasteiger partial charge in [-0.05, 0) is 24.3 Å². The van der Waals surface area contributed by atoms with Crippen molar-refractivity contribution in [2.45, 2.75) is 0 Å². The third-order valence-corrected chi connectivity index (χ3v) is 2.75. The van der Waals surface area contributed by atoms with Crippen LogP contribution in [0.15, 0.2) is 41.0 Å². The summed E-state index contributed by atoms with van der Waals surface area (Å²) in [6.07, 6.45) is 1.02. The van der Waals surface area contributed by atoms with Crippen LogP contribution in [0.25, 0.3) is 0 Å². The van der Waals surface area contributed by atoms with E-state index in [1.165, 1.54) is 18.0 Å². The largest absolute Gasteiger partial charge is 0.478 e. The molecule has 0 saturated carbocycles. The third kappa shape index (κ3) is 2.52. The van der Waals surface area contributed by atoms with Crippen LogP contribution < -0.4 is 4.90 Å². The lowest BCUT2D eigenvalue weighted by Gasteiger charge is -2.15. The van der Waals surface area contributed by atoms with Gasteiger partial charge in [-0.15, -0.1) is 0 Å². The first-order valence-corrected chi connectivity index (χ1v) is 5.63. The monoisotopic (exact) mass is 270 g/mol. The molecule has 100 valence electrons. The number of furan rings is 1. The van der Waals surface area contributed by atoms with E-state index in [4.69, 9.17) is 14.8 Å². The molecule has 1 aromatic heterocycles. The van der Waals surface area contributed by atoms with E-state index >= 15 is 0 Å². The van der Waals surface area contributed by atoms with Gasteiger partial charge in [0.25, 0.3) is 5.91 Å². The van der Waals surface area contributed by atoms with Crippen LogP contribution in [0.2, 0.25) is 0 Å². The maximum atomic E-state index is 12.1. The van der Waals surface area contributed by atoms with E-state index in [1.54, 1.807) is 24.3 Å². The Hall–Kier alpha value is -3.07. The van der Waals surface area contributed by atoms with Crippen molar-refractivity contribution >= 4 is 17.6 Å². The molecule has 0 unspecified atom stereocenters. The van der Waals surface area contributed by atoms with Gasteiger partial charge in [-0.3, -0.25) is 4.79 Å². The molecule has 0 radical (unpaired) electrons. The van der Waals surface area contributed by atoms with Crippen molar-refractivity contribution in [1.29, 1.82) is 5.26 Å². The number of nitriles is 1. The van der Waals surface area contributed by atoms with E-state index in [9.17, 15) is 9.59 Å². The maximum absolute atomic E-state index is 12.1. The van der Waals surface area contributed by atoms with Gasteiger partial charge in [-0.1, -0.05) is 0 Å². The number of hydrogen-bond donors (Lipinski definition) is 1. The highest BCUT2D eigenvalue weighted by atomic mass is 16.4. The van der Waals surface area contributed by atoms with Gasteiger partial charge in [-0.2, -0.15) is 5.26 Å². The zero-order valence-electron chi connectivity index (χ0n) is 10.5. The molecule has 0 aliphatic heterocycles. The summed E-state index contributed by atoms with van der Waals surface area (Å²) in [5.74, 6) is -1.69. The van der Waals surface area contributed by atoms with Gasteiger partial charge in [0, 0.05) is 18.8 Å². The van der Waals surface area contributed by atoms with Crippen LogP contribution in [0, 0.1) is 11.3 Å². The number of benzene rings is 1. The number of amides is 1. The molecule has 20 heavy (non-hydrogen) atoms. The molecular formula is C14H10N2O4. The normalized spacial score (nSPS) is 9.80.